The number of carbonyl (C=O) groups excluding carboxylic acids is 1. The molecule has 0 amide bonds. The summed E-state index contributed by atoms with van der Waals surface area (Å²) in [5.74, 6) is -0.993. The van der Waals surface area contributed by atoms with Crippen LogP contribution < -0.4 is 4.72 Å². The van der Waals surface area contributed by atoms with Gasteiger partial charge in [0.25, 0.3) is 5.69 Å². The van der Waals surface area contributed by atoms with E-state index in [1.165, 1.54) is 19.1 Å². The molecule has 0 saturated heterocycles. The number of aryl methyl sites for hydroxylation is 1. The number of hydrogen-bond acceptors (Lipinski definition) is 7. The molecule has 0 aliphatic rings. The third kappa shape index (κ3) is 4.21. The molecule has 1 atom stereocenters. The van der Waals surface area contributed by atoms with Crippen molar-refractivity contribution in [3.8, 4) is 0 Å². The van der Waals surface area contributed by atoms with E-state index in [1.807, 2.05) is 4.72 Å². The molecule has 1 aromatic rings. The number of ether oxygens (including phenoxy) is 1. The van der Waals surface area contributed by atoms with Crippen LogP contribution in [0.4, 0.5) is 5.69 Å². The number of aliphatic hydroxyl groups is 1. The van der Waals surface area contributed by atoms with Gasteiger partial charge in [0.2, 0.25) is 10.0 Å². The van der Waals surface area contributed by atoms with Crippen LogP contribution in [-0.2, 0) is 19.6 Å². The lowest BCUT2D eigenvalue weighted by Gasteiger charge is -2.10. The molecule has 116 valence electrons. The fourth-order valence-electron chi connectivity index (χ4n) is 1.44. The van der Waals surface area contributed by atoms with Crippen molar-refractivity contribution >= 4 is 21.7 Å². The lowest BCUT2D eigenvalue weighted by molar-refractivity contribution is -0.385. The molecule has 0 radical (unpaired) electrons. The number of methoxy groups -OCH3 is 1. The summed E-state index contributed by atoms with van der Waals surface area (Å²) < 4.78 is 30.1. The molecule has 1 unspecified atom stereocenters. The third-order valence-corrected chi connectivity index (χ3v) is 4.05. The third-order valence-electron chi connectivity index (χ3n) is 2.63. The Hall–Kier alpha value is -2.04. The first-order chi connectivity index (χ1) is 9.69. The monoisotopic (exact) mass is 318 g/mol. The number of nitro groups is 1. The van der Waals surface area contributed by atoms with Crippen LogP contribution in [0.25, 0.3) is 0 Å². The van der Waals surface area contributed by atoms with Crippen molar-refractivity contribution in [1.29, 1.82) is 0 Å². The van der Waals surface area contributed by atoms with Gasteiger partial charge >= 0.3 is 5.97 Å². The Labute approximate surface area is 120 Å². The van der Waals surface area contributed by atoms with Crippen molar-refractivity contribution in [2.75, 3.05) is 13.7 Å². The molecule has 0 aliphatic carbocycles. The summed E-state index contributed by atoms with van der Waals surface area (Å²) in [6, 6.07) is 3.39. The molecular weight excluding hydrogens is 304 g/mol. The van der Waals surface area contributed by atoms with E-state index >= 15 is 0 Å². The molecule has 0 aromatic heterocycles. The number of carbonyl (C=O) groups is 1. The molecule has 1 rings (SSSR count). The molecule has 0 bridgehead atoms. The van der Waals surface area contributed by atoms with E-state index in [9.17, 15) is 28.4 Å². The highest BCUT2D eigenvalue weighted by molar-refractivity contribution is 7.89. The van der Waals surface area contributed by atoms with Crippen molar-refractivity contribution in [3.63, 3.8) is 0 Å². The number of hydrogen-bond donors (Lipinski definition) is 2. The zero-order valence-corrected chi connectivity index (χ0v) is 12.1. The zero-order valence-electron chi connectivity index (χ0n) is 11.3. The zero-order chi connectivity index (χ0) is 16.2. The Morgan fingerprint density at radius 3 is 2.67 bits per heavy atom. The number of esters is 1. The quantitative estimate of drug-likeness (QED) is 0.418. The molecule has 21 heavy (non-hydrogen) atoms. The van der Waals surface area contributed by atoms with E-state index < -0.39 is 33.6 Å². The van der Waals surface area contributed by atoms with Crippen LogP contribution in [0.3, 0.4) is 0 Å². The van der Waals surface area contributed by atoms with Crippen molar-refractivity contribution in [2.24, 2.45) is 0 Å². The predicted octanol–water partition coefficient (Wildman–Crippen LogP) is -0.285. The molecule has 0 spiro atoms. The fourth-order valence-corrected chi connectivity index (χ4v) is 2.50. The van der Waals surface area contributed by atoms with E-state index in [4.69, 9.17) is 0 Å². The summed E-state index contributed by atoms with van der Waals surface area (Å²) in [5.41, 5.74) is -0.0278. The Kier molecular flexibility index (Phi) is 5.35. The van der Waals surface area contributed by atoms with Gasteiger partial charge in [0.05, 0.1) is 16.9 Å². The molecule has 0 aliphatic heterocycles. The van der Waals surface area contributed by atoms with Crippen LogP contribution in [0, 0.1) is 17.0 Å². The first-order valence-corrected chi connectivity index (χ1v) is 7.18. The van der Waals surface area contributed by atoms with Gasteiger partial charge in [0.15, 0.2) is 6.10 Å². The van der Waals surface area contributed by atoms with Gasteiger partial charge in [-0.2, -0.15) is 0 Å². The van der Waals surface area contributed by atoms with Gasteiger partial charge in [-0.15, -0.1) is 0 Å². The molecule has 1 aromatic carbocycles. The fraction of sp³-hybridized carbons (Fsp3) is 0.364. The smallest absolute Gasteiger partial charge is 0.336 e. The minimum atomic E-state index is -4.09. The van der Waals surface area contributed by atoms with Crippen LogP contribution in [0.2, 0.25) is 0 Å². The maximum atomic E-state index is 11.9. The molecule has 9 nitrogen and oxygen atoms in total. The second-order valence-electron chi connectivity index (χ2n) is 4.10. The SMILES string of the molecule is COC(=O)C(O)CNS(=O)(=O)c1ccc(C)c([N+](=O)[O-])c1. The summed E-state index contributed by atoms with van der Waals surface area (Å²) in [6.45, 7) is 0.875. The second kappa shape index (κ2) is 6.61. The van der Waals surface area contributed by atoms with E-state index in [1.54, 1.807) is 0 Å². The maximum Gasteiger partial charge on any atom is 0.336 e. The molecule has 0 fully saturated rings. The molecule has 10 heteroatoms. The number of sulfonamides is 1. The predicted molar refractivity (Wildman–Crippen MR) is 71.0 cm³/mol. The van der Waals surface area contributed by atoms with Crippen molar-refractivity contribution in [1.82, 2.24) is 4.72 Å². The van der Waals surface area contributed by atoms with Gasteiger partial charge in [0, 0.05) is 18.2 Å². The molecule has 0 heterocycles. The summed E-state index contributed by atoms with van der Waals surface area (Å²) >= 11 is 0. The Balaban J connectivity index is 2.96. The summed E-state index contributed by atoms with van der Waals surface area (Å²) in [7, 11) is -3.05. The minimum Gasteiger partial charge on any atom is -0.467 e. The lowest BCUT2D eigenvalue weighted by Crippen LogP contribution is -2.37. The normalized spacial score (nSPS) is 12.7. The van der Waals surface area contributed by atoms with Gasteiger partial charge in [0.1, 0.15) is 0 Å². The van der Waals surface area contributed by atoms with Gasteiger partial charge in [-0.05, 0) is 13.0 Å². The molecule has 2 N–H and O–H groups in total. The van der Waals surface area contributed by atoms with Crippen molar-refractivity contribution in [3.05, 3.63) is 33.9 Å². The average molecular weight is 318 g/mol. The number of nitro benzene ring substituents is 1. The van der Waals surface area contributed by atoms with Gasteiger partial charge in [-0.25, -0.2) is 17.9 Å². The second-order valence-corrected chi connectivity index (χ2v) is 5.86. The van der Waals surface area contributed by atoms with Gasteiger partial charge in [-0.1, -0.05) is 6.07 Å². The summed E-state index contributed by atoms with van der Waals surface area (Å²) in [4.78, 5) is 20.7. The first-order valence-electron chi connectivity index (χ1n) is 5.69. The Morgan fingerprint density at radius 2 is 2.14 bits per heavy atom. The number of benzene rings is 1. The first kappa shape index (κ1) is 17.0. The van der Waals surface area contributed by atoms with E-state index in [2.05, 4.69) is 4.74 Å². The summed E-state index contributed by atoms with van der Waals surface area (Å²) in [5, 5.41) is 20.1. The van der Waals surface area contributed by atoms with Crippen LogP contribution >= 0.6 is 0 Å². The Bertz CT molecular complexity index is 657. The standard InChI is InChI=1S/C11H14N2O7S/c1-7-3-4-8(5-9(7)13(16)17)21(18,19)12-6-10(14)11(15)20-2/h3-5,10,12,14H,6H2,1-2H3. The van der Waals surface area contributed by atoms with Crippen LogP contribution in [0.1, 0.15) is 5.56 Å². The number of nitrogens with zero attached hydrogens (tertiary/aromatic N) is 1. The minimum absolute atomic E-state index is 0.313. The molecule has 0 saturated carbocycles. The maximum absolute atomic E-state index is 11.9. The molecular formula is C11H14N2O7S. The van der Waals surface area contributed by atoms with E-state index in [-0.39, 0.29) is 10.6 Å². The van der Waals surface area contributed by atoms with Crippen LogP contribution in [0.15, 0.2) is 23.1 Å². The highest BCUT2D eigenvalue weighted by atomic mass is 32.2. The summed E-state index contributed by atoms with van der Waals surface area (Å²) in [6.07, 6.45) is -1.66. The Morgan fingerprint density at radius 1 is 1.52 bits per heavy atom. The topological polar surface area (TPSA) is 136 Å². The lowest BCUT2D eigenvalue weighted by atomic mass is 10.2. The number of aliphatic hydroxyl groups excluding tert-OH is 1. The van der Waals surface area contributed by atoms with Gasteiger partial charge in [-0.3, -0.25) is 10.1 Å². The highest BCUT2D eigenvalue weighted by Crippen LogP contribution is 2.21. The van der Waals surface area contributed by atoms with E-state index in [0.29, 0.717) is 5.56 Å². The van der Waals surface area contributed by atoms with Crippen molar-refractivity contribution in [2.45, 2.75) is 17.9 Å². The number of rotatable bonds is 6. The van der Waals surface area contributed by atoms with Gasteiger partial charge < -0.3 is 9.84 Å². The average Bonchev–Trinajstić information content (AvgIpc) is 2.43. The highest BCUT2D eigenvalue weighted by Gasteiger charge is 2.23. The number of nitrogens with one attached hydrogen (secondary N) is 1. The van der Waals surface area contributed by atoms with Crippen molar-refractivity contribution < 1.29 is 28.0 Å². The van der Waals surface area contributed by atoms with E-state index in [0.717, 1.165) is 13.2 Å². The van der Waals surface area contributed by atoms with Crippen LogP contribution in [0.5, 0.6) is 0 Å². The largest absolute Gasteiger partial charge is 0.467 e. The van der Waals surface area contributed by atoms with Crippen LogP contribution in [-0.4, -0.2) is 44.2 Å².